The highest BCUT2D eigenvalue weighted by Gasteiger charge is 2.14. The van der Waals surface area contributed by atoms with Crippen LogP contribution in [0.25, 0.3) is 16.5 Å². The van der Waals surface area contributed by atoms with E-state index in [0.29, 0.717) is 0 Å². The van der Waals surface area contributed by atoms with Gasteiger partial charge >= 0.3 is 0 Å². The summed E-state index contributed by atoms with van der Waals surface area (Å²) >= 11 is 0. The molecule has 116 valence electrons. The molecule has 1 aliphatic heterocycles. The van der Waals surface area contributed by atoms with Crippen LogP contribution < -0.4 is 10.2 Å². The molecule has 2 aromatic heterocycles. The van der Waals surface area contributed by atoms with Crippen LogP contribution in [-0.2, 0) is 4.79 Å². The third-order valence-corrected chi connectivity index (χ3v) is 4.24. The van der Waals surface area contributed by atoms with Gasteiger partial charge in [-0.15, -0.1) is 0 Å². The van der Waals surface area contributed by atoms with E-state index in [9.17, 15) is 4.79 Å². The topological polar surface area (TPSA) is 61.3 Å². The van der Waals surface area contributed by atoms with Crippen molar-refractivity contribution in [2.24, 2.45) is 0 Å². The molecule has 5 nitrogen and oxygen atoms in total. The summed E-state index contributed by atoms with van der Waals surface area (Å²) in [5, 5.41) is 4.46. The lowest BCUT2D eigenvalue weighted by Crippen LogP contribution is -2.19. The summed E-state index contributed by atoms with van der Waals surface area (Å²) < 4.78 is 5.09. The fourth-order valence-corrected chi connectivity index (χ4v) is 3.06. The van der Waals surface area contributed by atoms with Gasteiger partial charge in [0.05, 0.1) is 12.0 Å². The highest BCUT2D eigenvalue weighted by atomic mass is 16.3. The summed E-state index contributed by atoms with van der Waals surface area (Å²) in [6.07, 6.45) is 9.22. The van der Waals surface area contributed by atoms with Crippen LogP contribution in [0.3, 0.4) is 0 Å². The molecule has 0 radical (unpaired) electrons. The molecule has 5 heteroatoms. The molecule has 23 heavy (non-hydrogen) atoms. The Labute approximate surface area is 133 Å². The number of carbonyl (C=O) groups is 1. The summed E-state index contributed by atoms with van der Waals surface area (Å²) in [5.41, 5.74) is 5.16. The second-order valence-corrected chi connectivity index (χ2v) is 5.57. The number of fused-ring (bicyclic) bond motifs is 1. The van der Waals surface area contributed by atoms with Gasteiger partial charge in [-0.2, -0.15) is 0 Å². The third-order valence-electron chi connectivity index (χ3n) is 4.24. The van der Waals surface area contributed by atoms with E-state index < -0.39 is 0 Å². The van der Waals surface area contributed by atoms with Gasteiger partial charge in [-0.1, -0.05) is 6.08 Å². The molecular weight excluding hydrogens is 290 g/mol. The van der Waals surface area contributed by atoms with Crippen molar-refractivity contribution >= 4 is 34.3 Å². The van der Waals surface area contributed by atoms with Crippen molar-refractivity contribution in [3.8, 4) is 0 Å². The maximum Gasteiger partial charge on any atom is 0.218 e. The van der Waals surface area contributed by atoms with Crippen molar-refractivity contribution in [2.75, 3.05) is 18.0 Å². The predicted octanol–water partition coefficient (Wildman–Crippen LogP) is 3.43. The second kappa shape index (κ2) is 5.78. The number of hydrogen-bond acceptors (Lipinski definition) is 3. The Morgan fingerprint density at radius 2 is 2.17 bits per heavy atom. The van der Waals surface area contributed by atoms with Crippen LogP contribution in [0.1, 0.15) is 12.0 Å². The molecule has 1 amide bonds. The Kier molecular flexibility index (Phi) is 3.48. The first-order valence-corrected chi connectivity index (χ1v) is 7.65. The van der Waals surface area contributed by atoms with E-state index in [1.807, 2.05) is 18.2 Å². The van der Waals surface area contributed by atoms with E-state index in [1.165, 1.54) is 11.1 Å². The molecule has 1 aliphatic rings. The molecule has 0 bridgehead atoms. The van der Waals surface area contributed by atoms with Gasteiger partial charge in [-0.3, -0.25) is 9.69 Å². The van der Waals surface area contributed by atoms with Gasteiger partial charge in [-0.05, 0) is 36.7 Å². The number of aromatic amines is 1. The van der Waals surface area contributed by atoms with Gasteiger partial charge in [0.2, 0.25) is 6.41 Å². The molecule has 0 aliphatic carbocycles. The van der Waals surface area contributed by atoms with Crippen molar-refractivity contribution in [3.05, 3.63) is 54.6 Å². The molecule has 3 heterocycles. The summed E-state index contributed by atoms with van der Waals surface area (Å²) in [6.45, 7) is 1.89. The van der Waals surface area contributed by atoms with Crippen molar-refractivity contribution in [2.45, 2.75) is 6.42 Å². The van der Waals surface area contributed by atoms with Crippen molar-refractivity contribution in [1.29, 1.82) is 0 Å². The minimum Gasteiger partial charge on any atom is -0.470 e. The molecule has 0 atom stereocenters. The zero-order valence-corrected chi connectivity index (χ0v) is 12.6. The standard InChI is InChI=1S/C18H17N3O2/c22-12-21(15-5-8-23-11-15)14-1-2-18-16(9-14)17(10-20-18)13-3-6-19-7-4-13/h1-3,5,8-12,19-20H,4,6-7H2. The summed E-state index contributed by atoms with van der Waals surface area (Å²) in [7, 11) is 0. The smallest absolute Gasteiger partial charge is 0.218 e. The number of carbonyl (C=O) groups excluding carboxylic acids is 1. The number of anilines is 2. The lowest BCUT2D eigenvalue weighted by atomic mass is 9.99. The lowest BCUT2D eigenvalue weighted by molar-refractivity contribution is -0.106. The second-order valence-electron chi connectivity index (χ2n) is 5.57. The van der Waals surface area contributed by atoms with E-state index in [4.69, 9.17) is 4.42 Å². The van der Waals surface area contributed by atoms with Crippen LogP contribution in [0, 0.1) is 0 Å². The van der Waals surface area contributed by atoms with E-state index in [1.54, 1.807) is 23.5 Å². The molecule has 1 aromatic carbocycles. The number of H-pyrrole nitrogens is 1. The molecule has 0 saturated carbocycles. The van der Waals surface area contributed by atoms with Gasteiger partial charge in [-0.25, -0.2) is 0 Å². The number of aromatic nitrogens is 1. The number of amides is 1. The Hall–Kier alpha value is -2.79. The van der Waals surface area contributed by atoms with E-state index in [0.717, 1.165) is 48.2 Å². The van der Waals surface area contributed by atoms with Gasteiger partial charge < -0.3 is 14.7 Å². The molecule has 0 saturated heterocycles. The number of benzene rings is 1. The first-order chi connectivity index (χ1) is 11.4. The largest absolute Gasteiger partial charge is 0.470 e. The van der Waals surface area contributed by atoms with Crippen molar-refractivity contribution in [3.63, 3.8) is 0 Å². The van der Waals surface area contributed by atoms with Gasteiger partial charge in [0.25, 0.3) is 0 Å². The average molecular weight is 307 g/mol. The molecule has 3 aromatic rings. The zero-order chi connectivity index (χ0) is 15.6. The Balaban J connectivity index is 1.80. The van der Waals surface area contributed by atoms with Crippen LogP contribution >= 0.6 is 0 Å². The maximum atomic E-state index is 11.5. The highest BCUT2D eigenvalue weighted by molar-refractivity contribution is 5.97. The third kappa shape index (κ3) is 2.45. The summed E-state index contributed by atoms with van der Waals surface area (Å²) in [5.74, 6) is 0. The lowest BCUT2D eigenvalue weighted by Gasteiger charge is -2.16. The fourth-order valence-electron chi connectivity index (χ4n) is 3.06. The Bertz CT molecular complexity index is 862. The predicted molar refractivity (Wildman–Crippen MR) is 90.7 cm³/mol. The number of hydrogen-bond donors (Lipinski definition) is 2. The SMILES string of the molecule is O=CN(c1ccoc1)c1ccc2[nH]cc(C3=CCNCC3)c2c1. The van der Waals surface area contributed by atoms with Crippen LogP contribution in [-0.4, -0.2) is 24.5 Å². The monoisotopic (exact) mass is 307 g/mol. The van der Waals surface area contributed by atoms with E-state index in [-0.39, 0.29) is 0 Å². The van der Waals surface area contributed by atoms with Crippen LogP contribution in [0.4, 0.5) is 11.4 Å². The molecule has 4 rings (SSSR count). The average Bonchev–Trinajstić information content (AvgIpc) is 3.26. The molecule has 0 fully saturated rings. The minimum atomic E-state index is 0.720. The van der Waals surface area contributed by atoms with Crippen molar-refractivity contribution in [1.82, 2.24) is 10.3 Å². The number of furan rings is 1. The van der Waals surface area contributed by atoms with Gasteiger partial charge in [0, 0.05) is 41.0 Å². The van der Waals surface area contributed by atoms with Crippen molar-refractivity contribution < 1.29 is 9.21 Å². The molecule has 2 N–H and O–H groups in total. The first-order valence-electron chi connectivity index (χ1n) is 7.65. The molecular formula is C18H17N3O2. The molecule has 0 unspecified atom stereocenters. The van der Waals surface area contributed by atoms with E-state index >= 15 is 0 Å². The summed E-state index contributed by atoms with van der Waals surface area (Å²) in [6, 6.07) is 7.75. The van der Waals surface area contributed by atoms with Gasteiger partial charge in [0.1, 0.15) is 6.26 Å². The summed E-state index contributed by atoms with van der Waals surface area (Å²) in [4.78, 5) is 16.4. The number of nitrogens with zero attached hydrogens (tertiary/aromatic N) is 1. The fraction of sp³-hybridized carbons (Fsp3) is 0.167. The normalized spacial score (nSPS) is 14.7. The Morgan fingerprint density at radius 3 is 2.91 bits per heavy atom. The van der Waals surface area contributed by atoms with Gasteiger partial charge in [0.15, 0.2) is 0 Å². The zero-order valence-electron chi connectivity index (χ0n) is 12.6. The maximum absolute atomic E-state index is 11.5. The highest BCUT2D eigenvalue weighted by Crippen LogP contribution is 2.32. The van der Waals surface area contributed by atoms with E-state index in [2.05, 4.69) is 22.6 Å². The first kappa shape index (κ1) is 13.8. The minimum absolute atomic E-state index is 0.720. The van der Waals surface area contributed by atoms with Crippen LogP contribution in [0.2, 0.25) is 0 Å². The van der Waals surface area contributed by atoms with Crippen LogP contribution in [0.5, 0.6) is 0 Å². The number of rotatable bonds is 4. The molecule has 0 spiro atoms. The Morgan fingerprint density at radius 1 is 1.22 bits per heavy atom. The quantitative estimate of drug-likeness (QED) is 0.726. The van der Waals surface area contributed by atoms with Crippen LogP contribution in [0.15, 0.2) is 53.5 Å². The number of nitrogens with one attached hydrogen (secondary N) is 2.